The summed E-state index contributed by atoms with van der Waals surface area (Å²) in [7, 11) is 0. The Labute approximate surface area is 138 Å². The van der Waals surface area contributed by atoms with Crippen molar-refractivity contribution >= 4 is 29.6 Å². The van der Waals surface area contributed by atoms with Crippen LogP contribution in [0.2, 0.25) is 5.02 Å². The molecule has 4 aliphatic rings. The number of benzene rings is 1. The van der Waals surface area contributed by atoms with Crippen LogP contribution in [-0.2, 0) is 9.59 Å². The van der Waals surface area contributed by atoms with E-state index in [9.17, 15) is 9.59 Å². The highest BCUT2D eigenvalue weighted by molar-refractivity contribution is 6.33. The zero-order chi connectivity index (χ0) is 15.8. The van der Waals surface area contributed by atoms with Gasteiger partial charge < -0.3 is 0 Å². The fraction of sp³-hybridized carbons (Fsp3) is 0.389. The number of fused-ring (bicyclic) bond motifs is 3. The van der Waals surface area contributed by atoms with Crippen LogP contribution in [0, 0.1) is 29.1 Å². The van der Waals surface area contributed by atoms with E-state index in [1.165, 1.54) is 6.21 Å². The highest BCUT2D eigenvalue weighted by atomic mass is 35.5. The lowest BCUT2D eigenvalue weighted by Gasteiger charge is -2.18. The van der Waals surface area contributed by atoms with Crippen LogP contribution in [0.25, 0.3) is 0 Å². The summed E-state index contributed by atoms with van der Waals surface area (Å²) < 4.78 is 0. The van der Waals surface area contributed by atoms with Gasteiger partial charge in [0, 0.05) is 10.6 Å². The van der Waals surface area contributed by atoms with E-state index in [-0.39, 0.29) is 40.9 Å². The lowest BCUT2D eigenvalue weighted by molar-refractivity contribution is -0.141. The molecule has 1 spiro atoms. The van der Waals surface area contributed by atoms with E-state index in [2.05, 4.69) is 17.3 Å². The SMILES string of the molecule is O=C1[C@@H]2[C@H](C(=O)N1/N=C\c1ccccc1Cl)[C@@H]1C=C[C@H]2C12CC2. The number of halogens is 1. The van der Waals surface area contributed by atoms with Crippen LogP contribution in [0.1, 0.15) is 18.4 Å². The van der Waals surface area contributed by atoms with E-state index in [4.69, 9.17) is 11.6 Å². The molecule has 23 heavy (non-hydrogen) atoms. The molecule has 1 aromatic rings. The fourth-order valence-electron chi connectivity index (χ4n) is 4.88. The molecule has 116 valence electrons. The average molecular weight is 327 g/mol. The highest BCUT2D eigenvalue weighted by Gasteiger charge is 2.73. The summed E-state index contributed by atoms with van der Waals surface area (Å²) in [6.07, 6.45) is 8.11. The van der Waals surface area contributed by atoms with E-state index in [1.807, 2.05) is 18.2 Å². The van der Waals surface area contributed by atoms with Gasteiger partial charge in [-0.15, -0.1) is 0 Å². The fourth-order valence-corrected chi connectivity index (χ4v) is 5.06. The van der Waals surface area contributed by atoms with Gasteiger partial charge in [-0.3, -0.25) is 9.59 Å². The second kappa shape index (κ2) is 4.32. The topological polar surface area (TPSA) is 49.7 Å². The van der Waals surface area contributed by atoms with Gasteiger partial charge in [-0.05, 0) is 36.2 Å². The van der Waals surface area contributed by atoms with Gasteiger partial charge in [-0.25, -0.2) is 0 Å². The molecule has 4 nitrogen and oxygen atoms in total. The third-order valence-electron chi connectivity index (χ3n) is 6.05. The smallest absolute Gasteiger partial charge is 0.254 e. The van der Waals surface area contributed by atoms with Gasteiger partial charge in [-0.1, -0.05) is 42.0 Å². The number of carbonyl (C=O) groups is 2. The van der Waals surface area contributed by atoms with Crippen molar-refractivity contribution in [2.24, 2.45) is 34.2 Å². The van der Waals surface area contributed by atoms with Gasteiger partial charge in [0.1, 0.15) is 0 Å². The molecule has 0 unspecified atom stereocenters. The molecular formula is C18H15ClN2O2. The largest absolute Gasteiger partial charge is 0.272 e. The first-order valence-electron chi connectivity index (χ1n) is 7.98. The molecule has 1 heterocycles. The van der Waals surface area contributed by atoms with Crippen molar-refractivity contribution in [1.82, 2.24) is 5.01 Å². The lowest BCUT2D eigenvalue weighted by Crippen LogP contribution is -2.30. The van der Waals surface area contributed by atoms with Crippen molar-refractivity contribution in [3.8, 4) is 0 Å². The van der Waals surface area contributed by atoms with Crippen molar-refractivity contribution < 1.29 is 9.59 Å². The van der Waals surface area contributed by atoms with Crippen molar-refractivity contribution in [1.29, 1.82) is 0 Å². The molecular weight excluding hydrogens is 312 g/mol. The van der Waals surface area contributed by atoms with Crippen molar-refractivity contribution in [3.05, 3.63) is 47.0 Å². The van der Waals surface area contributed by atoms with Crippen LogP contribution in [0.5, 0.6) is 0 Å². The Morgan fingerprint density at radius 3 is 2.26 bits per heavy atom. The highest BCUT2D eigenvalue weighted by Crippen LogP contribution is 2.73. The van der Waals surface area contributed by atoms with Crippen LogP contribution in [0.4, 0.5) is 0 Å². The number of nitrogens with zero attached hydrogens (tertiary/aromatic N) is 2. The predicted octanol–water partition coefficient (Wildman–Crippen LogP) is 2.87. The number of hydrazone groups is 1. The zero-order valence-corrected chi connectivity index (χ0v) is 13.1. The van der Waals surface area contributed by atoms with Gasteiger partial charge >= 0.3 is 0 Å². The van der Waals surface area contributed by atoms with Gasteiger partial charge in [0.2, 0.25) is 0 Å². The quantitative estimate of drug-likeness (QED) is 0.476. The number of hydrogen-bond acceptors (Lipinski definition) is 3. The van der Waals surface area contributed by atoms with Gasteiger partial charge in [0.25, 0.3) is 11.8 Å². The van der Waals surface area contributed by atoms with Crippen LogP contribution >= 0.6 is 11.6 Å². The molecule has 5 rings (SSSR count). The minimum absolute atomic E-state index is 0.147. The second-order valence-corrected chi connectivity index (χ2v) is 7.38. The number of carbonyl (C=O) groups excluding carboxylic acids is 2. The minimum Gasteiger partial charge on any atom is -0.272 e. The van der Waals surface area contributed by atoms with Crippen LogP contribution in [0.15, 0.2) is 41.5 Å². The van der Waals surface area contributed by atoms with E-state index in [0.29, 0.717) is 10.6 Å². The molecule has 0 radical (unpaired) electrons. The summed E-state index contributed by atoms with van der Waals surface area (Å²) in [5, 5.41) is 5.78. The van der Waals surface area contributed by atoms with Crippen molar-refractivity contribution in [3.63, 3.8) is 0 Å². The molecule has 4 atom stereocenters. The second-order valence-electron chi connectivity index (χ2n) is 6.98. The predicted molar refractivity (Wildman–Crippen MR) is 85.7 cm³/mol. The lowest BCUT2D eigenvalue weighted by atomic mass is 9.85. The number of amides is 2. The van der Waals surface area contributed by atoms with Gasteiger partial charge in [0.05, 0.1) is 18.1 Å². The molecule has 1 aliphatic heterocycles. The third kappa shape index (κ3) is 1.59. The molecule has 3 aliphatic carbocycles. The first-order valence-corrected chi connectivity index (χ1v) is 8.36. The Morgan fingerprint density at radius 2 is 1.70 bits per heavy atom. The van der Waals surface area contributed by atoms with E-state index in [1.54, 1.807) is 6.07 Å². The maximum Gasteiger partial charge on any atom is 0.254 e. The molecule has 2 bridgehead atoms. The van der Waals surface area contributed by atoms with E-state index < -0.39 is 0 Å². The minimum atomic E-state index is -0.205. The van der Waals surface area contributed by atoms with E-state index >= 15 is 0 Å². The number of rotatable bonds is 2. The summed E-state index contributed by atoms with van der Waals surface area (Å²) >= 11 is 6.09. The molecule has 1 saturated heterocycles. The van der Waals surface area contributed by atoms with Crippen molar-refractivity contribution in [2.45, 2.75) is 12.8 Å². The zero-order valence-electron chi connectivity index (χ0n) is 12.4. The first kappa shape index (κ1) is 13.5. The standard InChI is InChI=1S/C18H15ClN2O2/c19-13-4-2-1-3-10(13)9-20-21-16(22)14-11-5-6-12(15(14)17(21)23)18(11)7-8-18/h1-6,9,11-12,14-15H,7-8H2/b20-9-/t11-,12+,14+,15-. The Balaban J connectivity index is 1.46. The maximum atomic E-state index is 12.7. The first-order chi connectivity index (χ1) is 11.1. The molecule has 2 saturated carbocycles. The number of hydrogen-bond donors (Lipinski definition) is 0. The van der Waals surface area contributed by atoms with Crippen LogP contribution in [0.3, 0.4) is 0 Å². The molecule has 1 aromatic carbocycles. The van der Waals surface area contributed by atoms with Crippen LogP contribution in [-0.4, -0.2) is 23.0 Å². The average Bonchev–Trinajstić information content (AvgIpc) is 3.15. The summed E-state index contributed by atoms with van der Waals surface area (Å²) in [6, 6.07) is 7.24. The van der Waals surface area contributed by atoms with Gasteiger partial charge in [-0.2, -0.15) is 10.1 Å². The van der Waals surface area contributed by atoms with Gasteiger partial charge in [0.15, 0.2) is 0 Å². The Hall–Kier alpha value is -1.94. The summed E-state index contributed by atoms with van der Waals surface area (Å²) in [5.74, 6) is -0.242. The third-order valence-corrected chi connectivity index (χ3v) is 6.39. The summed E-state index contributed by atoms with van der Waals surface area (Å²) in [4.78, 5) is 25.5. The van der Waals surface area contributed by atoms with E-state index in [0.717, 1.165) is 17.9 Å². The molecule has 5 heteroatoms. The monoisotopic (exact) mass is 326 g/mol. The normalized spacial score (nSPS) is 35.8. The molecule has 2 amide bonds. The number of imide groups is 1. The van der Waals surface area contributed by atoms with Crippen molar-refractivity contribution in [2.75, 3.05) is 0 Å². The molecule has 0 N–H and O–H groups in total. The maximum absolute atomic E-state index is 12.7. The Kier molecular flexibility index (Phi) is 2.54. The number of allylic oxidation sites excluding steroid dienone is 2. The Bertz CT molecular complexity index is 762. The molecule has 3 fully saturated rings. The summed E-state index contributed by atoms with van der Waals surface area (Å²) in [6.45, 7) is 0. The van der Waals surface area contributed by atoms with Crippen LogP contribution < -0.4 is 0 Å². The Morgan fingerprint density at radius 1 is 1.09 bits per heavy atom. The summed E-state index contributed by atoms with van der Waals surface area (Å²) in [5.41, 5.74) is 0.922. The molecule has 0 aromatic heterocycles.